The van der Waals surface area contributed by atoms with Crippen LogP contribution in [0.4, 0.5) is 0 Å². The van der Waals surface area contributed by atoms with Crippen LogP contribution in [0, 0.1) is 11.8 Å². The van der Waals surface area contributed by atoms with Crippen molar-refractivity contribution < 1.29 is 38.2 Å². The van der Waals surface area contributed by atoms with Crippen molar-refractivity contribution in [2.75, 3.05) is 20.2 Å². The van der Waals surface area contributed by atoms with Gasteiger partial charge in [-0.05, 0) is 63.1 Å². The van der Waals surface area contributed by atoms with Crippen LogP contribution in [0.2, 0.25) is 0 Å². The molecule has 0 aliphatic heterocycles. The van der Waals surface area contributed by atoms with Gasteiger partial charge >= 0.3 is 5.97 Å². The first-order chi connectivity index (χ1) is 20.9. The molecule has 13 nitrogen and oxygen atoms in total. The standard InChI is InChI=1S/C32H51N5O8/c1-19(2)14-24(29(41)34-18-28(40)44-9)36-30(42)25(15-20(3)4)37-31(43)26(35-27(39)17-33-21(5)38)16-22-10-12-23(13-11-22)45-32(6,7)8/h10-13,19-20,24-26H,14-18H2,1-9H3,(H,33,38)(H,34,41)(H,35,39)(H,36,42)(H,37,43)/t24-,25-,26-/m0/s1. The Balaban J connectivity index is 3.20. The Labute approximate surface area is 266 Å². The lowest BCUT2D eigenvalue weighted by atomic mass is 9.99. The van der Waals surface area contributed by atoms with Crippen molar-refractivity contribution in [2.24, 2.45) is 11.8 Å². The average molecular weight is 634 g/mol. The number of nitrogens with one attached hydrogen (secondary N) is 5. The van der Waals surface area contributed by atoms with E-state index >= 15 is 0 Å². The number of hydrogen-bond donors (Lipinski definition) is 5. The molecular weight excluding hydrogens is 582 g/mol. The van der Waals surface area contributed by atoms with Gasteiger partial charge in [0.1, 0.15) is 36.0 Å². The van der Waals surface area contributed by atoms with Crippen molar-refractivity contribution in [3.8, 4) is 5.75 Å². The van der Waals surface area contributed by atoms with Crippen molar-refractivity contribution in [1.82, 2.24) is 26.6 Å². The van der Waals surface area contributed by atoms with E-state index in [4.69, 9.17) is 4.74 Å². The number of hydrogen-bond acceptors (Lipinski definition) is 8. The lowest BCUT2D eigenvalue weighted by Crippen LogP contribution is -2.58. The number of amides is 5. The predicted octanol–water partition coefficient (Wildman–Crippen LogP) is 1.38. The Bertz CT molecular complexity index is 1160. The maximum atomic E-state index is 13.6. The van der Waals surface area contributed by atoms with Gasteiger partial charge in [0, 0.05) is 13.3 Å². The Morgan fingerprint density at radius 1 is 0.711 bits per heavy atom. The lowest BCUT2D eigenvalue weighted by molar-refractivity contribution is -0.141. The highest BCUT2D eigenvalue weighted by Crippen LogP contribution is 2.19. The Morgan fingerprint density at radius 3 is 1.69 bits per heavy atom. The molecule has 0 unspecified atom stereocenters. The quantitative estimate of drug-likeness (QED) is 0.160. The summed E-state index contributed by atoms with van der Waals surface area (Å²) in [6.07, 6.45) is 0.633. The molecule has 1 aromatic rings. The molecule has 3 atom stereocenters. The molecule has 252 valence electrons. The molecule has 0 saturated carbocycles. The van der Waals surface area contributed by atoms with Crippen LogP contribution < -0.4 is 31.3 Å². The first kappa shape index (κ1) is 38.9. The first-order valence-corrected chi connectivity index (χ1v) is 15.2. The van der Waals surface area contributed by atoms with Crippen LogP contribution in [-0.2, 0) is 39.9 Å². The molecular formula is C32H51N5O8. The summed E-state index contributed by atoms with van der Waals surface area (Å²) in [5.74, 6) is -2.71. The molecule has 0 heterocycles. The van der Waals surface area contributed by atoms with Crippen LogP contribution in [-0.4, -0.2) is 79.4 Å². The van der Waals surface area contributed by atoms with E-state index in [-0.39, 0.29) is 44.2 Å². The Hall–Kier alpha value is -4.16. The molecule has 1 aromatic carbocycles. The Kier molecular flexibility index (Phi) is 16.1. The lowest BCUT2D eigenvalue weighted by Gasteiger charge is -2.27. The first-order valence-electron chi connectivity index (χ1n) is 15.2. The fraction of sp³-hybridized carbons (Fsp3) is 0.625. The molecule has 0 aromatic heterocycles. The molecule has 0 bridgehead atoms. The molecule has 45 heavy (non-hydrogen) atoms. The van der Waals surface area contributed by atoms with Crippen molar-refractivity contribution in [2.45, 2.75) is 98.4 Å². The average Bonchev–Trinajstić information content (AvgIpc) is 2.93. The highest BCUT2D eigenvalue weighted by Gasteiger charge is 2.31. The zero-order chi connectivity index (χ0) is 34.3. The summed E-state index contributed by atoms with van der Waals surface area (Å²) in [7, 11) is 1.20. The van der Waals surface area contributed by atoms with Gasteiger partial charge in [0.05, 0.1) is 13.7 Å². The highest BCUT2D eigenvalue weighted by atomic mass is 16.5. The van der Waals surface area contributed by atoms with Crippen LogP contribution >= 0.6 is 0 Å². The maximum absolute atomic E-state index is 13.6. The number of esters is 1. The van der Waals surface area contributed by atoms with E-state index < -0.39 is 59.2 Å². The molecule has 0 fully saturated rings. The second-order valence-corrected chi connectivity index (χ2v) is 12.8. The summed E-state index contributed by atoms with van der Waals surface area (Å²) in [6, 6.07) is 4.02. The monoisotopic (exact) mass is 633 g/mol. The van der Waals surface area contributed by atoms with E-state index in [1.165, 1.54) is 14.0 Å². The van der Waals surface area contributed by atoms with Gasteiger partial charge in [-0.1, -0.05) is 39.8 Å². The van der Waals surface area contributed by atoms with Crippen molar-refractivity contribution in [1.29, 1.82) is 0 Å². The van der Waals surface area contributed by atoms with Gasteiger partial charge in [0.2, 0.25) is 29.5 Å². The zero-order valence-electron chi connectivity index (χ0n) is 28.0. The van der Waals surface area contributed by atoms with Crippen molar-refractivity contribution >= 4 is 35.5 Å². The third kappa shape index (κ3) is 16.5. The van der Waals surface area contributed by atoms with E-state index in [1.807, 2.05) is 48.5 Å². The van der Waals surface area contributed by atoms with Crippen LogP contribution in [0.5, 0.6) is 5.75 Å². The van der Waals surface area contributed by atoms with Crippen molar-refractivity contribution in [3.05, 3.63) is 29.8 Å². The second kappa shape index (κ2) is 18.6. The molecule has 0 radical (unpaired) electrons. The van der Waals surface area contributed by atoms with Gasteiger partial charge in [-0.15, -0.1) is 0 Å². The van der Waals surface area contributed by atoms with Crippen LogP contribution in [0.3, 0.4) is 0 Å². The molecule has 0 aliphatic rings. The summed E-state index contributed by atoms with van der Waals surface area (Å²) in [4.78, 5) is 75.4. The molecule has 5 N–H and O–H groups in total. The number of rotatable bonds is 17. The normalized spacial score (nSPS) is 13.2. The summed E-state index contributed by atoms with van der Waals surface area (Å²) in [6.45, 7) is 13.9. The molecule has 0 spiro atoms. The fourth-order valence-corrected chi connectivity index (χ4v) is 4.25. The fourth-order valence-electron chi connectivity index (χ4n) is 4.25. The van der Waals surface area contributed by atoms with E-state index in [9.17, 15) is 28.8 Å². The highest BCUT2D eigenvalue weighted by molar-refractivity contribution is 5.95. The van der Waals surface area contributed by atoms with Crippen molar-refractivity contribution in [3.63, 3.8) is 0 Å². The third-order valence-corrected chi connectivity index (χ3v) is 6.25. The molecule has 0 aliphatic carbocycles. The molecule has 13 heteroatoms. The van der Waals surface area contributed by atoms with Gasteiger partial charge in [0.25, 0.3) is 0 Å². The topological polar surface area (TPSA) is 181 Å². The zero-order valence-corrected chi connectivity index (χ0v) is 28.0. The van der Waals surface area contributed by atoms with E-state index in [2.05, 4.69) is 31.3 Å². The van der Waals surface area contributed by atoms with Gasteiger partial charge in [-0.25, -0.2) is 0 Å². The van der Waals surface area contributed by atoms with Gasteiger partial charge < -0.3 is 36.1 Å². The van der Waals surface area contributed by atoms with Gasteiger partial charge in [-0.2, -0.15) is 0 Å². The summed E-state index contributed by atoms with van der Waals surface area (Å²) in [5.41, 5.74) is 0.324. The van der Waals surface area contributed by atoms with Crippen LogP contribution in [0.1, 0.15) is 73.8 Å². The minimum absolute atomic E-state index is 0.0130. The van der Waals surface area contributed by atoms with Gasteiger partial charge in [0.15, 0.2) is 0 Å². The SMILES string of the molecule is COC(=O)CNC(=O)[C@H](CC(C)C)NC(=O)[C@H](CC(C)C)NC(=O)[C@H](Cc1ccc(OC(C)(C)C)cc1)NC(=O)CNC(C)=O. The van der Waals surface area contributed by atoms with Crippen LogP contribution in [0.25, 0.3) is 0 Å². The number of benzene rings is 1. The van der Waals surface area contributed by atoms with E-state index in [0.29, 0.717) is 5.75 Å². The van der Waals surface area contributed by atoms with Gasteiger partial charge in [-0.3, -0.25) is 28.8 Å². The minimum atomic E-state index is -1.09. The summed E-state index contributed by atoms with van der Waals surface area (Å²) >= 11 is 0. The summed E-state index contributed by atoms with van der Waals surface area (Å²) in [5, 5.41) is 13.0. The minimum Gasteiger partial charge on any atom is -0.488 e. The van der Waals surface area contributed by atoms with E-state index in [0.717, 1.165) is 5.56 Å². The smallest absolute Gasteiger partial charge is 0.325 e. The Morgan fingerprint density at radius 2 is 1.22 bits per heavy atom. The third-order valence-electron chi connectivity index (χ3n) is 6.25. The van der Waals surface area contributed by atoms with E-state index in [1.54, 1.807) is 24.3 Å². The molecule has 1 rings (SSSR count). The number of carbonyl (C=O) groups is 6. The number of ether oxygens (including phenoxy) is 2. The maximum Gasteiger partial charge on any atom is 0.325 e. The number of methoxy groups -OCH3 is 1. The molecule has 5 amide bonds. The predicted molar refractivity (Wildman–Crippen MR) is 169 cm³/mol. The van der Waals surface area contributed by atoms with Crippen LogP contribution in [0.15, 0.2) is 24.3 Å². The largest absolute Gasteiger partial charge is 0.488 e. The molecule has 0 saturated heterocycles. The second-order valence-electron chi connectivity index (χ2n) is 12.8. The summed E-state index contributed by atoms with van der Waals surface area (Å²) < 4.78 is 10.4. The number of carbonyl (C=O) groups excluding carboxylic acids is 6.